The van der Waals surface area contributed by atoms with Gasteiger partial charge in [-0.15, -0.1) is 0 Å². The van der Waals surface area contributed by atoms with E-state index in [9.17, 15) is 9.59 Å². The molecule has 0 unspecified atom stereocenters. The largest absolute Gasteiger partial charge is 0.497 e. The molecule has 26 heavy (non-hydrogen) atoms. The topological polar surface area (TPSA) is 71.8 Å². The molecular formula is C20H24N2O4. The zero-order valence-electron chi connectivity index (χ0n) is 15.3. The number of hydrogen-bond donors (Lipinski definition) is 1. The van der Waals surface area contributed by atoms with Crippen LogP contribution >= 0.6 is 0 Å². The molecule has 6 nitrogen and oxygen atoms in total. The van der Waals surface area contributed by atoms with Crippen LogP contribution in [0, 0.1) is 6.92 Å². The normalized spacial score (nSPS) is 19.4. The summed E-state index contributed by atoms with van der Waals surface area (Å²) in [6, 6.07) is 11.2. The first kappa shape index (κ1) is 18.0. The number of aryl methyl sites for hydroxylation is 1. The first-order chi connectivity index (χ1) is 12.5. The lowest BCUT2D eigenvalue weighted by atomic mass is 10.0. The summed E-state index contributed by atoms with van der Waals surface area (Å²) in [5.41, 5.74) is 0.905. The molecular weight excluding hydrogens is 332 g/mol. The summed E-state index contributed by atoms with van der Waals surface area (Å²) in [5, 5.41) is 2.95. The summed E-state index contributed by atoms with van der Waals surface area (Å²) >= 11 is 0. The van der Waals surface area contributed by atoms with Crippen molar-refractivity contribution in [2.75, 3.05) is 20.2 Å². The van der Waals surface area contributed by atoms with E-state index in [0.717, 1.165) is 22.8 Å². The van der Waals surface area contributed by atoms with Gasteiger partial charge in [0.1, 0.15) is 17.3 Å². The Morgan fingerprint density at radius 3 is 2.73 bits per heavy atom. The Morgan fingerprint density at radius 1 is 1.27 bits per heavy atom. The molecule has 0 radical (unpaired) electrons. The third-order valence-corrected chi connectivity index (χ3v) is 4.68. The minimum Gasteiger partial charge on any atom is -0.497 e. The quantitative estimate of drug-likeness (QED) is 0.892. The Morgan fingerprint density at radius 2 is 2.08 bits per heavy atom. The van der Waals surface area contributed by atoms with Crippen molar-refractivity contribution in [3.05, 3.63) is 53.5 Å². The fraction of sp³-hybridized carbons (Fsp3) is 0.400. The van der Waals surface area contributed by atoms with Crippen LogP contribution in [-0.2, 0) is 16.0 Å². The van der Waals surface area contributed by atoms with Gasteiger partial charge in [0.2, 0.25) is 11.8 Å². The highest BCUT2D eigenvalue weighted by Crippen LogP contribution is 2.29. The van der Waals surface area contributed by atoms with Crippen LogP contribution in [0.4, 0.5) is 0 Å². The lowest BCUT2D eigenvalue weighted by molar-refractivity contribution is -0.129. The number of carbonyl (C=O) groups is 2. The van der Waals surface area contributed by atoms with Gasteiger partial charge in [-0.3, -0.25) is 9.59 Å². The minimum atomic E-state index is -0.146. The molecule has 1 aromatic carbocycles. The molecule has 0 aliphatic carbocycles. The maximum atomic E-state index is 12.8. The van der Waals surface area contributed by atoms with E-state index < -0.39 is 0 Å². The van der Waals surface area contributed by atoms with Crippen molar-refractivity contribution in [2.24, 2.45) is 0 Å². The van der Waals surface area contributed by atoms with E-state index in [-0.39, 0.29) is 23.8 Å². The highest BCUT2D eigenvalue weighted by Gasteiger charge is 2.38. The first-order valence-corrected chi connectivity index (χ1v) is 8.70. The minimum absolute atomic E-state index is 0.0272. The predicted octanol–water partition coefficient (Wildman–Crippen LogP) is 2.27. The molecule has 1 aromatic heterocycles. The number of likely N-dealkylation sites (tertiary alicyclic amines) is 1. The second-order valence-electron chi connectivity index (χ2n) is 6.69. The number of furan rings is 1. The van der Waals surface area contributed by atoms with Gasteiger partial charge in [0.05, 0.1) is 25.5 Å². The Bertz CT molecular complexity index is 799. The Hall–Kier alpha value is -2.76. The molecule has 2 atom stereocenters. The van der Waals surface area contributed by atoms with E-state index in [4.69, 9.17) is 9.15 Å². The Balaban J connectivity index is 1.73. The van der Waals surface area contributed by atoms with Crippen molar-refractivity contribution in [3.8, 4) is 5.75 Å². The number of nitrogens with zero attached hydrogens (tertiary/aromatic N) is 1. The van der Waals surface area contributed by atoms with Crippen molar-refractivity contribution >= 4 is 11.8 Å². The molecule has 2 heterocycles. The summed E-state index contributed by atoms with van der Waals surface area (Å²) in [4.78, 5) is 26.1. The molecule has 1 aliphatic heterocycles. The van der Waals surface area contributed by atoms with Crippen molar-refractivity contribution in [3.63, 3.8) is 0 Å². The fourth-order valence-corrected chi connectivity index (χ4v) is 3.42. The molecule has 3 rings (SSSR count). The smallest absolute Gasteiger partial charge is 0.227 e. The zero-order valence-corrected chi connectivity index (χ0v) is 15.3. The SMILES string of the molecule is COc1cccc(CC(=O)N2C[C@@H](NC(C)=O)[C@H](c3ccc(C)o3)C2)c1. The van der Waals surface area contributed by atoms with Gasteiger partial charge in [0.25, 0.3) is 0 Å². The lowest BCUT2D eigenvalue weighted by Crippen LogP contribution is -2.39. The van der Waals surface area contributed by atoms with Crippen LogP contribution in [0.15, 0.2) is 40.8 Å². The van der Waals surface area contributed by atoms with E-state index in [1.807, 2.05) is 43.3 Å². The van der Waals surface area contributed by atoms with Crippen LogP contribution in [0.25, 0.3) is 0 Å². The van der Waals surface area contributed by atoms with Crippen LogP contribution in [0.2, 0.25) is 0 Å². The molecule has 1 aliphatic rings. The fourth-order valence-electron chi connectivity index (χ4n) is 3.42. The third kappa shape index (κ3) is 4.07. The summed E-state index contributed by atoms with van der Waals surface area (Å²) in [7, 11) is 1.61. The standard InChI is InChI=1S/C20H24N2O4/c1-13-7-8-19(26-13)17-11-22(12-18(17)21-14(2)23)20(24)10-15-5-4-6-16(9-15)25-3/h4-9,17-18H,10-12H2,1-3H3,(H,21,23)/t17-,18-/m1/s1. The van der Waals surface area contributed by atoms with Gasteiger partial charge >= 0.3 is 0 Å². The monoisotopic (exact) mass is 356 g/mol. The van der Waals surface area contributed by atoms with Gasteiger partial charge in [-0.25, -0.2) is 0 Å². The lowest BCUT2D eigenvalue weighted by Gasteiger charge is -2.17. The number of methoxy groups -OCH3 is 1. The summed E-state index contributed by atoms with van der Waals surface area (Å²) in [6.07, 6.45) is 0.299. The Kier molecular flexibility index (Phi) is 5.30. The molecule has 1 saturated heterocycles. The number of carbonyl (C=O) groups excluding carboxylic acids is 2. The zero-order chi connectivity index (χ0) is 18.7. The van der Waals surface area contributed by atoms with E-state index in [2.05, 4.69) is 5.32 Å². The number of nitrogens with one attached hydrogen (secondary N) is 1. The molecule has 0 bridgehead atoms. The van der Waals surface area contributed by atoms with Crippen molar-refractivity contribution < 1.29 is 18.7 Å². The molecule has 138 valence electrons. The van der Waals surface area contributed by atoms with Crippen LogP contribution in [0.5, 0.6) is 5.75 Å². The maximum absolute atomic E-state index is 12.8. The summed E-state index contributed by atoms with van der Waals surface area (Å²) in [6.45, 7) is 4.39. The van der Waals surface area contributed by atoms with Crippen LogP contribution < -0.4 is 10.1 Å². The summed E-state index contributed by atoms with van der Waals surface area (Å²) < 4.78 is 11.0. The van der Waals surface area contributed by atoms with Crippen molar-refractivity contribution in [2.45, 2.75) is 32.2 Å². The van der Waals surface area contributed by atoms with E-state index in [1.54, 1.807) is 12.0 Å². The van der Waals surface area contributed by atoms with Gasteiger partial charge in [-0.2, -0.15) is 0 Å². The number of hydrogen-bond acceptors (Lipinski definition) is 4. The second kappa shape index (κ2) is 7.64. The van der Waals surface area contributed by atoms with Crippen molar-refractivity contribution in [1.82, 2.24) is 10.2 Å². The van der Waals surface area contributed by atoms with E-state index in [1.165, 1.54) is 6.92 Å². The molecule has 2 aromatic rings. The van der Waals surface area contributed by atoms with Gasteiger partial charge in [-0.05, 0) is 36.8 Å². The number of benzene rings is 1. The highest BCUT2D eigenvalue weighted by molar-refractivity contribution is 5.80. The summed E-state index contributed by atoms with van der Waals surface area (Å²) in [5.74, 6) is 2.24. The van der Waals surface area contributed by atoms with Crippen LogP contribution in [0.1, 0.15) is 29.9 Å². The average molecular weight is 356 g/mol. The maximum Gasteiger partial charge on any atom is 0.227 e. The molecule has 0 spiro atoms. The average Bonchev–Trinajstić information content (AvgIpc) is 3.20. The van der Waals surface area contributed by atoms with Gasteiger partial charge in [0, 0.05) is 20.0 Å². The van der Waals surface area contributed by atoms with Crippen molar-refractivity contribution in [1.29, 1.82) is 0 Å². The number of ether oxygens (including phenoxy) is 1. The van der Waals surface area contributed by atoms with Crippen LogP contribution in [-0.4, -0.2) is 43.0 Å². The molecule has 2 amide bonds. The first-order valence-electron chi connectivity index (χ1n) is 8.70. The third-order valence-electron chi connectivity index (χ3n) is 4.68. The highest BCUT2D eigenvalue weighted by atomic mass is 16.5. The molecule has 0 saturated carbocycles. The molecule has 6 heteroatoms. The van der Waals surface area contributed by atoms with Gasteiger partial charge in [0.15, 0.2) is 0 Å². The van der Waals surface area contributed by atoms with Gasteiger partial charge in [-0.1, -0.05) is 12.1 Å². The van der Waals surface area contributed by atoms with E-state index in [0.29, 0.717) is 19.5 Å². The van der Waals surface area contributed by atoms with E-state index >= 15 is 0 Å². The number of rotatable bonds is 5. The van der Waals surface area contributed by atoms with Gasteiger partial charge < -0.3 is 19.4 Å². The predicted molar refractivity (Wildman–Crippen MR) is 97.1 cm³/mol. The molecule has 1 N–H and O–H groups in total. The Labute approximate surface area is 153 Å². The van der Waals surface area contributed by atoms with Crippen LogP contribution in [0.3, 0.4) is 0 Å². The number of amides is 2. The second-order valence-corrected chi connectivity index (χ2v) is 6.69. The molecule has 1 fully saturated rings.